The third-order valence-corrected chi connectivity index (χ3v) is 4.83. The molecular weight excluding hydrogens is 480 g/mol. The Morgan fingerprint density at radius 2 is 1.60 bits per heavy atom. The van der Waals surface area contributed by atoms with Crippen molar-refractivity contribution in [2.45, 2.75) is 6.92 Å². The first-order valence-electron chi connectivity index (χ1n) is 10.1. The highest BCUT2D eigenvalue weighted by Gasteiger charge is 2.20. The Bertz CT molecular complexity index is 1290. The van der Waals surface area contributed by atoms with E-state index in [1.54, 1.807) is 12.1 Å². The molecule has 3 rings (SSSR count). The van der Waals surface area contributed by atoms with E-state index in [-0.39, 0.29) is 39.4 Å². The van der Waals surface area contributed by atoms with Crippen molar-refractivity contribution in [2.75, 3.05) is 19.0 Å². The standard InChI is InChI=1S/C24H19ClN2O8/c1-14(28)26-18-7-3-15(4-8-18)20(29)13-34-24(30)16-5-9-22(23(11-16)33-2)35-21-10-6-17(25)12-19(21)27(31)32/h3-12H,13H2,1-2H3,(H,26,28). The first-order valence-corrected chi connectivity index (χ1v) is 10.4. The molecule has 180 valence electrons. The number of halogens is 1. The van der Waals surface area contributed by atoms with Crippen LogP contribution < -0.4 is 14.8 Å². The number of nitrogens with one attached hydrogen (secondary N) is 1. The highest BCUT2D eigenvalue weighted by Crippen LogP contribution is 2.38. The van der Waals surface area contributed by atoms with Gasteiger partial charge in [-0.05, 0) is 54.6 Å². The largest absolute Gasteiger partial charge is 0.493 e. The average Bonchev–Trinajstić information content (AvgIpc) is 2.83. The fraction of sp³-hybridized carbons (Fsp3) is 0.125. The van der Waals surface area contributed by atoms with Crippen LogP contribution in [0.1, 0.15) is 27.6 Å². The molecule has 35 heavy (non-hydrogen) atoms. The second-order valence-electron chi connectivity index (χ2n) is 7.09. The van der Waals surface area contributed by atoms with Crippen LogP contribution in [-0.2, 0) is 9.53 Å². The summed E-state index contributed by atoms with van der Waals surface area (Å²) in [4.78, 5) is 46.5. The Kier molecular flexibility index (Phi) is 8.00. The fourth-order valence-corrected chi connectivity index (χ4v) is 3.12. The molecule has 0 fully saturated rings. The van der Waals surface area contributed by atoms with Gasteiger partial charge in [0, 0.05) is 29.3 Å². The summed E-state index contributed by atoms with van der Waals surface area (Å²) in [5.74, 6) is -1.29. The number of rotatable bonds is 9. The number of benzene rings is 3. The summed E-state index contributed by atoms with van der Waals surface area (Å²) in [6, 6.07) is 14.1. The number of hydrogen-bond acceptors (Lipinski definition) is 8. The van der Waals surface area contributed by atoms with Gasteiger partial charge in [-0.15, -0.1) is 0 Å². The Balaban J connectivity index is 1.68. The number of ketones is 1. The van der Waals surface area contributed by atoms with E-state index < -0.39 is 23.3 Å². The lowest BCUT2D eigenvalue weighted by Crippen LogP contribution is -2.14. The zero-order valence-electron chi connectivity index (χ0n) is 18.6. The Hall–Kier alpha value is -4.44. The number of ether oxygens (including phenoxy) is 3. The second kappa shape index (κ2) is 11.1. The van der Waals surface area contributed by atoms with Crippen LogP contribution in [0.5, 0.6) is 17.2 Å². The van der Waals surface area contributed by atoms with E-state index in [4.69, 9.17) is 25.8 Å². The van der Waals surface area contributed by atoms with Crippen LogP contribution >= 0.6 is 11.6 Å². The van der Waals surface area contributed by atoms with E-state index in [1.165, 1.54) is 56.5 Å². The topological polar surface area (TPSA) is 134 Å². The van der Waals surface area contributed by atoms with Gasteiger partial charge in [-0.3, -0.25) is 19.7 Å². The number of hydrogen-bond donors (Lipinski definition) is 1. The summed E-state index contributed by atoms with van der Waals surface area (Å²) in [6.07, 6.45) is 0. The van der Waals surface area contributed by atoms with Crippen molar-refractivity contribution < 1.29 is 33.5 Å². The van der Waals surface area contributed by atoms with Crippen LogP contribution in [0.4, 0.5) is 11.4 Å². The number of nitro benzene ring substituents is 1. The molecule has 1 N–H and O–H groups in total. The molecule has 0 atom stereocenters. The quantitative estimate of drug-likeness (QED) is 0.187. The van der Waals surface area contributed by atoms with Gasteiger partial charge in [0.2, 0.25) is 11.7 Å². The third-order valence-electron chi connectivity index (χ3n) is 4.60. The number of Topliss-reactive ketones (excluding diaryl/α,β-unsaturated/α-hetero) is 1. The summed E-state index contributed by atoms with van der Waals surface area (Å²) >= 11 is 5.82. The highest BCUT2D eigenvalue weighted by atomic mass is 35.5. The predicted molar refractivity (Wildman–Crippen MR) is 127 cm³/mol. The number of esters is 1. The van der Waals surface area contributed by atoms with Gasteiger partial charge in [0.1, 0.15) is 0 Å². The second-order valence-corrected chi connectivity index (χ2v) is 7.53. The van der Waals surface area contributed by atoms with E-state index in [0.29, 0.717) is 11.3 Å². The van der Waals surface area contributed by atoms with Crippen molar-refractivity contribution >= 4 is 40.6 Å². The van der Waals surface area contributed by atoms with Crippen molar-refractivity contribution in [1.82, 2.24) is 0 Å². The van der Waals surface area contributed by atoms with E-state index in [9.17, 15) is 24.5 Å². The van der Waals surface area contributed by atoms with Gasteiger partial charge in [-0.1, -0.05) is 11.6 Å². The lowest BCUT2D eigenvalue weighted by Gasteiger charge is -2.12. The molecule has 0 saturated heterocycles. The predicted octanol–water partition coefficient (Wildman–Crippen LogP) is 5.05. The third kappa shape index (κ3) is 6.55. The molecule has 0 spiro atoms. The minimum Gasteiger partial charge on any atom is -0.493 e. The molecule has 0 saturated carbocycles. The number of carbonyl (C=O) groups excluding carboxylic acids is 3. The smallest absolute Gasteiger partial charge is 0.338 e. The Morgan fingerprint density at radius 1 is 0.943 bits per heavy atom. The molecule has 0 aliphatic rings. The van der Waals surface area contributed by atoms with E-state index in [1.807, 2.05) is 0 Å². The maximum Gasteiger partial charge on any atom is 0.338 e. The number of nitro groups is 1. The van der Waals surface area contributed by atoms with Crippen molar-refractivity contribution in [2.24, 2.45) is 0 Å². The van der Waals surface area contributed by atoms with E-state index in [2.05, 4.69) is 5.32 Å². The first kappa shape index (κ1) is 25.2. The molecule has 0 aliphatic carbocycles. The van der Waals surface area contributed by atoms with Crippen LogP contribution in [0, 0.1) is 10.1 Å². The number of methoxy groups -OCH3 is 1. The minimum atomic E-state index is -0.782. The van der Waals surface area contributed by atoms with Crippen LogP contribution in [0.25, 0.3) is 0 Å². The molecule has 0 aromatic heterocycles. The zero-order chi connectivity index (χ0) is 25.5. The zero-order valence-corrected chi connectivity index (χ0v) is 19.3. The summed E-state index contributed by atoms with van der Waals surface area (Å²) in [5, 5.41) is 14.0. The van der Waals surface area contributed by atoms with E-state index >= 15 is 0 Å². The van der Waals surface area contributed by atoms with Crippen molar-refractivity contribution in [3.8, 4) is 17.2 Å². The molecule has 3 aromatic carbocycles. The highest BCUT2D eigenvalue weighted by molar-refractivity contribution is 6.30. The van der Waals surface area contributed by atoms with Gasteiger partial charge in [-0.25, -0.2) is 4.79 Å². The summed E-state index contributed by atoms with van der Waals surface area (Å²) in [5.41, 5.74) is 0.572. The maximum atomic E-state index is 12.5. The Morgan fingerprint density at radius 3 is 2.23 bits per heavy atom. The summed E-state index contributed by atoms with van der Waals surface area (Å²) in [6.45, 7) is 0.865. The number of nitrogens with zero attached hydrogens (tertiary/aromatic N) is 1. The molecule has 0 aliphatic heterocycles. The van der Waals surface area contributed by atoms with E-state index in [0.717, 1.165) is 6.07 Å². The normalized spacial score (nSPS) is 10.3. The summed E-state index contributed by atoms with van der Waals surface area (Å²) in [7, 11) is 1.34. The van der Waals surface area contributed by atoms with Crippen LogP contribution in [0.15, 0.2) is 60.7 Å². The summed E-state index contributed by atoms with van der Waals surface area (Å²) < 4.78 is 16.0. The number of anilines is 1. The molecule has 0 radical (unpaired) electrons. The molecule has 11 heteroatoms. The van der Waals surface area contributed by atoms with Crippen LogP contribution in [0.2, 0.25) is 5.02 Å². The van der Waals surface area contributed by atoms with Crippen molar-refractivity contribution in [1.29, 1.82) is 0 Å². The monoisotopic (exact) mass is 498 g/mol. The molecule has 0 bridgehead atoms. The van der Waals surface area contributed by atoms with Gasteiger partial charge in [0.15, 0.2) is 23.9 Å². The molecule has 3 aromatic rings. The van der Waals surface area contributed by atoms with Gasteiger partial charge in [0.05, 0.1) is 17.6 Å². The van der Waals surface area contributed by atoms with Crippen molar-refractivity contribution in [3.05, 3.63) is 86.9 Å². The SMILES string of the molecule is COc1cc(C(=O)OCC(=O)c2ccc(NC(C)=O)cc2)ccc1Oc1ccc(Cl)cc1[N+](=O)[O-]. The fourth-order valence-electron chi connectivity index (χ4n) is 2.96. The molecular formula is C24H19ClN2O8. The molecule has 0 heterocycles. The molecule has 0 unspecified atom stereocenters. The number of carbonyl (C=O) groups is 3. The molecule has 1 amide bonds. The van der Waals surface area contributed by atoms with Gasteiger partial charge >= 0.3 is 11.7 Å². The Labute approximate surface area is 204 Å². The first-order chi connectivity index (χ1) is 16.7. The lowest BCUT2D eigenvalue weighted by atomic mass is 10.1. The lowest BCUT2D eigenvalue weighted by molar-refractivity contribution is -0.385. The molecule has 10 nitrogen and oxygen atoms in total. The van der Waals surface area contributed by atoms with Crippen LogP contribution in [-0.4, -0.2) is 36.3 Å². The maximum absolute atomic E-state index is 12.5. The van der Waals surface area contributed by atoms with Crippen molar-refractivity contribution in [3.63, 3.8) is 0 Å². The van der Waals surface area contributed by atoms with Gasteiger partial charge in [0.25, 0.3) is 0 Å². The average molecular weight is 499 g/mol. The minimum absolute atomic E-state index is 0.0665. The van der Waals surface area contributed by atoms with Crippen LogP contribution in [0.3, 0.4) is 0 Å². The van der Waals surface area contributed by atoms with Gasteiger partial charge < -0.3 is 19.5 Å². The number of amides is 1. The van der Waals surface area contributed by atoms with Gasteiger partial charge in [-0.2, -0.15) is 0 Å².